The number of halogens is 1. The number of hydrogen-bond donors (Lipinski definition) is 1. The molecule has 8 nitrogen and oxygen atoms in total. The second-order valence-electron chi connectivity index (χ2n) is 6.63. The Balaban J connectivity index is 1.95. The lowest BCUT2D eigenvalue weighted by atomic mass is 10.2. The van der Waals surface area contributed by atoms with Gasteiger partial charge >= 0.3 is 0 Å². The zero-order valence-electron chi connectivity index (χ0n) is 16.4. The summed E-state index contributed by atoms with van der Waals surface area (Å²) in [7, 11) is -4.12. The Morgan fingerprint density at radius 3 is 2.39 bits per heavy atom. The van der Waals surface area contributed by atoms with E-state index in [2.05, 4.69) is 5.32 Å². The summed E-state index contributed by atoms with van der Waals surface area (Å²) in [6.07, 6.45) is 0. The Kier molecular flexibility index (Phi) is 6.57. The first-order chi connectivity index (χ1) is 14.7. The number of carbonyl (C=O) groups excluding carboxylic acids is 1. The van der Waals surface area contributed by atoms with Crippen molar-refractivity contribution >= 4 is 44.6 Å². The number of rotatable bonds is 7. The smallest absolute Gasteiger partial charge is 0.271 e. The van der Waals surface area contributed by atoms with Gasteiger partial charge in [0.05, 0.1) is 20.5 Å². The molecule has 0 aromatic heterocycles. The maximum atomic E-state index is 13.3. The van der Waals surface area contributed by atoms with Crippen LogP contribution >= 0.6 is 11.6 Å². The van der Waals surface area contributed by atoms with Crippen molar-refractivity contribution in [1.29, 1.82) is 0 Å². The van der Waals surface area contributed by atoms with Crippen LogP contribution in [-0.2, 0) is 14.8 Å². The second kappa shape index (κ2) is 9.15. The van der Waals surface area contributed by atoms with Crippen molar-refractivity contribution in [2.45, 2.75) is 11.8 Å². The van der Waals surface area contributed by atoms with Gasteiger partial charge in [-0.05, 0) is 37.3 Å². The molecule has 0 radical (unpaired) electrons. The van der Waals surface area contributed by atoms with Crippen LogP contribution in [-0.4, -0.2) is 25.8 Å². The van der Waals surface area contributed by atoms with Crippen molar-refractivity contribution in [3.63, 3.8) is 0 Å². The van der Waals surface area contributed by atoms with Gasteiger partial charge in [0.1, 0.15) is 6.54 Å². The van der Waals surface area contributed by atoms with Gasteiger partial charge in [0.2, 0.25) is 5.91 Å². The SMILES string of the molecule is Cc1ccc(S(=O)(=O)N(CC(=O)Nc2cccc([N+](=O)[O-])c2)c2ccccc2Cl)cc1. The number of para-hydroxylation sites is 1. The topological polar surface area (TPSA) is 110 Å². The van der Waals surface area contributed by atoms with Crippen LogP contribution in [0, 0.1) is 17.0 Å². The molecule has 3 aromatic rings. The number of nitro benzene ring substituents is 1. The third kappa shape index (κ3) is 5.19. The molecule has 0 unspecified atom stereocenters. The molecule has 0 aliphatic rings. The summed E-state index contributed by atoms with van der Waals surface area (Å²) in [5.41, 5.74) is 0.990. The quantitative estimate of drug-likeness (QED) is 0.416. The van der Waals surface area contributed by atoms with Gasteiger partial charge in [-0.25, -0.2) is 8.42 Å². The van der Waals surface area contributed by atoms with E-state index in [9.17, 15) is 23.3 Å². The van der Waals surface area contributed by atoms with Gasteiger partial charge in [0.15, 0.2) is 0 Å². The highest BCUT2D eigenvalue weighted by Crippen LogP contribution is 2.30. The van der Waals surface area contributed by atoms with Gasteiger partial charge in [0.25, 0.3) is 15.7 Å². The normalized spacial score (nSPS) is 11.0. The molecule has 0 saturated carbocycles. The maximum Gasteiger partial charge on any atom is 0.271 e. The molecular weight excluding hydrogens is 442 g/mol. The van der Waals surface area contributed by atoms with Crippen LogP contribution < -0.4 is 9.62 Å². The number of nitrogens with zero attached hydrogens (tertiary/aromatic N) is 2. The standard InChI is InChI=1S/C21H18ClN3O5S/c1-15-9-11-18(12-10-15)31(29,30)24(20-8-3-2-7-19(20)22)14-21(26)23-16-5-4-6-17(13-16)25(27)28/h2-13H,14H2,1H3,(H,23,26). The molecule has 10 heteroatoms. The van der Waals surface area contributed by atoms with E-state index in [1.165, 1.54) is 48.5 Å². The largest absolute Gasteiger partial charge is 0.324 e. The van der Waals surface area contributed by atoms with Gasteiger partial charge < -0.3 is 5.32 Å². The van der Waals surface area contributed by atoms with Crippen LogP contribution in [0.25, 0.3) is 0 Å². The molecule has 0 spiro atoms. The van der Waals surface area contributed by atoms with Crippen LogP contribution in [0.5, 0.6) is 0 Å². The Morgan fingerprint density at radius 2 is 1.74 bits per heavy atom. The predicted octanol–water partition coefficient (Wildman–Crippen LogP) is 4.39. The number of non-ortho nitro benzene ring substituents is 1. The highest BCUT2D eigenvalue weighted by Gasteiger charge is 2.28. The van der Waals surface area contributed by atoms with E-state index >= 15 is 0 Å². The number of amides is 1. The van der Waals surface area contributed by atoms with Crippen molar-refractivity contribution in [3.8, 4) is 0 Å². The number of carbonyl (C=O) groups is 1. The molecule has 0 atom stereocenters. The lowest BCUT2D eigenvalue weighted by Crippen LogP contribution is -2.38. The van der Waals surface area contributed by atoms with Gasteiger partial charge in [-0.15, -0.1) is 0 Å². The summed E-state index contributed by atoms with van der Waals surface area (Å²) in [4.78, 5) is 23.0. The molecule has 160 valence electrons. The van der Waals surface area contributed by atoms with E-state index in [1.54, 1.807) is 24.3 Å². The van der Waals surface area contributed by atoms with E-state index < -0.39 is 27.4 Å². The molecule has 3 aromatic carbocycles. The average molecular weight is 460 g/mol. The Labute approximate surface area is 184 Å². The lowest BCUT2D eigenvalue weighted by Gasteiger charge is -2.25. The molecule has 1 amide bonds. The van der Waals surface area contributed by atoms with Crippen molar-refractivity contribution in [2.24, 2.45) is 0 Å². The third-order valence-corrected chi connectivity index (χ3v) is 6.45. The number of anilines is 2. The van der Waals surface area contributed by atoms with Crippen molar-refractivity contribution < 1.29 is 18.1 Å². The fraction of sp³-hybridized carbons (Fsp3) is 0.0952. The summed E-state index contributed by atoms with van der Waals surface area (Å²) in [6.45, 7) is 1.25. The Morgan fingerprint density at radius 1 is 1.06 bits per heavy atom. The molecule has 3 rings (SSSR count). The monoisotopic (exact) mass is 459 g/mol. The second-order valence-corrected chi connectivity index (χ2v) is 8.90. The Hall–Kier alpha value is -3.43. The van der Waals surface area contributed by atoms with Gasteiger partial charge in [0, 0.05) is 17.8 Å². The first kappa shape index (κ1) is 22.3. The van der Waals surface area contributed by atoms with Crippen LogP contribution in [0.2, 0.25) is 5.02 Å². The summed E-state index contributed by atoms with van der Waals surface area (Å²) in [5, 5.41) is 13.6. The van der Waals surface area contributed by atoms with Gasteiger partial charge in [-0.2, -0.15) is 0 Å². The summed E-state index contributed by atoms with van der Waals surface area (Å²) in [5.74, 6) is -0.684. The molecule has 0 aliphatic heterocycles. The van der Waals surface area contributed by atoms with E-state index in [4.69, 9.17) is 11.6 Å². The summed E-state index contributed by atoms with van der Waals surface area (Å²) < 4.78 is 27.6. The zero-order chi connectivity index (χ0) is 22.6. The van der Waals surface area contributed by atoms with E-state index in [1.807, 2.05) is 6.92 Å². The van der Waals surface area contributed by atoms with Crippen LogP contribution in [0.15, 0.2) is 77.7 Å². The molecule has 0 bridgehead atoms. The number of aryl methyl sites for hydroxylation is 1. The van der Waals surface area contributed by atoms with Crippen LogP contribution in [0.1, 0.15) is 5.56 Å². The van der Waals surface area contributed by atoms with E-state index in [0.29, 0.717) is 0 Å². The minimum atomic E-state index is -4.12. The number of hydrogen-bond acceptors (Lipinski definition) is 5. The molecule has 31 heavy (non-hydrogen) atoms. The van der Waals surface area contributed by atoms with Crippen LogP contribution in [0.3, 0.4) is 0 Å². The molecule has 0 saturated heterocycles. The number of nitrogens with one attached hydrogen (secondary N) is 1. The van der Waals surface area contributed by atoms with Gasteiger partial charge in [-0.3, -0.25) is 19.2 Å². The minimum Gasteiger partial charge on any atom is -0.324 e. The van der Waals surface area contributed by atoms with E-state index in [0.717, 1.165) is 9.87 Å². The summed E-state index contributed by atoms with van der Waals surface area (Å²) in [6, 6.07) is 17.8. The highest BCUT2D eigenvalue weighted by atomic mass is 35.5. The molecule has 0 fully saturated rings. The number of sulfonamides is 1. The Bertz CT molecular complexity index is 1230. The number of nitro groups is 1. The molecule has 0 aliphatic carbocycles. The zero-order valence-corrected chi connectivity index (χ0v) is 17.9. The molecule has 1 N–H and O–H groups in total. The van der Waals surface area contributed by atoms with E-state index in [-0.39, 0.29) is 27.0 Å². The first-order valence-corrected chi connectivity index (χ1v) is 10.9. The minimum absolute atomic E-state index is 0.00108. The first-order valence-electron chi connectivity index (χ1n) is 9.07. The third-order valence-electron chi connectivity index (χ3n) is 4.36. The highest BCUT2D eigenvalue weighted by molar-refractivity contribution is 7.92. The van der Waals surface area contributed by atoms with Crippen molar-refractivity contribution in [3.05, 3.63) is 93.5 Å². The summed E-state index contributed by atoms with van der Waals surface area (Å²) >= 11 is 6.22. The fourth-order valence-corrected chi connectivity index (χ4v) is 4.55. The molecular formula is C21H18ClN3O5S. The fourth-order valence-electron chi connectivity index (χ4n) is 2.82. The van der Waals surface area contributed by atoms with Crippen LogP contribution in [0.4, 0.5) is 17.1 Å². The molecule has 0 heterocycles. The van der Waals surface area contributed by atoms with Crippen molar-refractivity contribution in [1.82, 2.24) is 0 Å². The van der Waals surface area contributed by atoms with Crippen molar-refractivity contribution in [2.75, 3.05) is 16.2 Å². The lowest BCUT2D eigenvalue weighted by molar-refractivity contribution is -0.384. The predicted molar refractivity (Wildman–Crippen MR) is 119 cm³/mol. The maximum absolute atomic E-state index is 13.3. The van der Waals surface area contributed by atoms with Gasteiger partial charge in [-0.1, -0.05) is 47.5 Å². The average Bonchev–Trinajstić information content (AvgIpc) is 2.73. The number of benzene rings is 3.